The van der Waals surface area contributed by atoms with E-state index in [1.165, 1.54) is 6.42 Å². The van der Waals surface area contributed by atoms with Crippen LogP contribution >= 0.6 is 0 Å². The third-order valence-electron chi connectivity index (χ3n) is 4.02. The molecule has 19 heavy (non-hydrogen) atoms. The lowest BCUT2D eigenvalue weighted by Crippen LogP contribution is -2.41. The van der Waals surface area contributed by atoms with Crippen molar-refractivity contribution in [2.24, 2.45) is 11.3 Å². The van der Waals surface area contributed by atoms with Gasteiger partial charge in [-0.05, 0) is 30.6 Å². The molecule has 0 saturated heterocycles. The van der Waals surface area contributed by atoms with E-state index in [1.54, 1.807) is 6.33 Å². The number of aromatic nitrogens is 3. The Morgan fingerprint density at radius 2 is 2.11 bits per heavy atom. The van der Waals surface area contributed by atoms with E-state index in [0.717, 1.165) is 31.6 Å². The molecule has 0 radical (unpaired) electrons. The molecule has 2 rings (SSSR count). The summed E-state index contributed by atoms with van der Waals surface area (Å²) in [7, 11) is 0. The smallest absolute Gasteiger partial charge is 0.138 e. The van der Waals surface area contributed by atoms with Gasteiger partial charge in [-0.15, -0.1) is 0 Å². The van der Waals surface area contributed by atoms with Crippen LogP contribution in [0.1, 0.15) is 59.2 Å². The molecule has 1 atom stereocenters. The van der Waals surface area contributed by atoms with Crippen LogP contribution in [-0.4, -0.2) is 25.5 Å². The molecule has 4 heteroatoms. The van der Waals surface area contributed by atoms with Crippen molar-refractivity contribution in [2.45, 2.75) is 71.9 Å². The van der Waals surface area contributed by atoms with Crippen LogP contribution in [0.4, 0.5) is 0 Å². The van der Waals surface area contributed by atoms with Crippen molar-refractivity contribution in [1.29, 1.82) is 0 Å². The number of hydrogen-bond donors (Lipinski definition) is 1. The molecule has 1 aromatic rings. The van der Waals surface area contributed by atoms with E-state index in [4.69, 9.17) is 0 Å². The molecule has 0 amide bonds. The quantitative estimate of drug-likeness (QED) is 0.910. The van der Waals surface area contributed by atoms with Crippen molar-refractivity contribution >= 4 is 0 Å². The van der Waals surface area contributed by atoms with Gasteiger partial charge < -0.3 is 5.11 Å². The van der Waals surface area contributed by atoms with Crippen molar-refractivity contribution in [3.63, 3.8) is 0 Å². The summed E-state index contributed by atoms with van der Waals surface area (Å²) in [6.45, 7) is 9.70. The summed E-state index contributed by atoms with van der Waals surface area (Å²) in [6.07, 6.45) is 6.27. The van der Waals surface area contributed by atoms with Crippen LogP contribution in [0.2, 0.25) is 0 Å². The molecule has 1 heterocycles. The highest BCUT2D eigenvalue weighted by molar-refractivity contribution is 4.99. The van der Waals surface area contributed by atoms with Crippen LogP contribution in [0.3, 0.4) is 0 Å². The maximum Gasteiger partial charge on any atom is 0.138 e. The lowest BCUT2D eigenvalue weighted by molar-refractivity contribution is -0.0403. The minimum absolute atomic E-state index is 0.232. The maximum atomic E-state index is 10.9. The fraction of sp³-hybridized carbons (Fsp3) is 0.867. The van der Waals surface area contributed by atoms with Crippen molar-refractivity contribution in [1.82, 2.24) is 14.8 Å². The van der Waals surface area contributed by atoms with Gasteiger partial charge in [-0.1, -0.05) is 34.1 Å². The van der Waals surface area contributed by atoms with Crippen molar-refractivity contribution in [2.75, 3.05) is 0 Å². The van der Waals surface area contributed by atoms with Crippen LogP contribution in [0, 0.1) is 11.3 Å². The first kappa shape index (κ1) is 14.5. The molecule has 1 aliphatic carbocycles. The average molecular weight is 265 g/mol. The average Bonchev–Trinajstić information content (AvgIpc) is 2.61. The zero-order valence-corrected chi connectivity index (χ0v) is 12.7. The Bertz CT molecular complexity index is 425. The summed E-state index contributed by atoms with van der Waals surface area (Å²) in [5.41, 5.74) is -0.376. The fourth-order valence-electron chi connectivity index (χ4n) is 3.33. The standard InChI is InChI=1S/C15H27N3O/c1-12(2)9-18-13(16-11-17-18)8-15(19)7-5-6-14(3,4)10-15/h11-12,19H,5-10H2,1-4H3. The Kier molecular flexibility index (Phi) is 4.00. The largest absolute Gasteiger partial charge is 0.389 e. The molecule has 108 valence electrons. The van der Waals surface area contributed by atoms with Gasteiger partial charge in [0.1, 0.15) is 12.2 Å². The highest BCUT2D eigenvalue weighted by Gasteiger charge is 2.39. The summed E-state index contributed by atoms with van der Waals surface area (Å²) in [6, 6.07) is 0. The van der Waals surface area contributed by atoms with E-state index >= 15 is 0 Å². The van der Waals surface area contributed by atoms with E-state index in [9.17, 15) is 5.11 Å². The Hall–Kier alpha value is -0.900. The molecule has 0 spiro atoms. The molecule has 0 bridgehead atoms. The van der Waals surface area contributed by atoms with Gasteiger partial charge in [0.05, 0.1) is 5.60 Å². The molecule has 1 N–H and O–H groups in total. The second-order valence-electron chi connectivity index (χ2n) is 7.35. The van der Waals surface area contributed by atoms with Gasteiger partial charge in [-0.2, -0.15) is 5.10 Å². The Morgan fingerprint density at radius 3 is 2.74 bits per heavy atom. The first-order valence-electron chi connectivity index (χ1n) is 7.39. The van der Waals surface area contributed by atoms with E-state index in [2.05, 4.69) is 37.8 Å². The van der Waals surface area contributed by atoms with Gasteiger partial charge in [-0.25, -0.2) is 9.67 Å². The highest BCUT2D eigenvalue weighted by atomic mass is 16.3. The van der Waals surface area contributed by atoms with Gasteiger partial charge in [0.25, 0.3) is 0 Å². The Morgan fingerprint density at radius 1 is 1.37 bits per heavy atom. The van der Waals surface area contributed by atoms with Gasteiger partial charge in [0.15, 0.2) is 0 Å². The van der Waals surface area contributed by atoms with Crippen LogP contribution in [0.5, 0.6) is 0 Å². The summed E-state index contributed by atoms with van der Waals surface area (Å²) in [4.78, 5) is 4.35. The number of rotatable bonds is 4. The molecular weight excluding hydrogens is 238 g/mol. The van der Waals surface area contributed by atoms with Crippen LogP contribution in [0.25, 0.3) is 0 Å². The number of hydrogen-bond acceptors (Lipinski definition) is 3. The predicted molar refractivity (Wildman–Crippen MR) is 75.8 cm³/mol. The van der Waals surface area contributed by atoms with E-state index < -0.39 is 5.60 Å². The minimum atomic E-state index is -0.608. The summed E-state index contributed by atoms with van der Waals surface area (Å²) in [5, 5.41) is 15.1. The lowest BCUT2D eigenvalue weighted by Gasteiger charge is -2.41. The molecule has 0 aromatic carbocycles. The molecule has 1 aliphatic rings. The molecular formula is C15H27N3O. The second-order valence-corrected chi connectivity index (χ2v) is 7.35. The zero-order valence-electron chi connectivity index (χ0n) is 12.7. The van der Waals surface area contributed by atoms with E-state index in [0.29, 0.717) is 12.3 Å². The van der Waals surface area contributed by atoms with Gasteiger partial charge in [0, 0.05) is 13.0 Å². The molecule has 1 fully saturated rings. The highest BCUT2D eigenvalue weighted by Crippen LogP contribution is 2.42. The first-order valence-corrected chi connectivity index (χ1v) is 7.39. The molecule has 4 nitrogen and oxygen atoms in total. The van der Waals surface area contributed by atoms with Gasteiger partial charge in [0.2, 0.25) is 0 Å². The molecule has 0 aliphatic heterocycles. The minimum Gasteiger partial charge on any atom is -0.389 e. The van der Waals surface area contributed by atoms with Crippen molar-refractivity contribution < 1.29 is 5.11 Å². The van der Waals surface area contributed by atoms with Gasteiger partial charge >= 0.3 is 0 Å². The fourth-order valence-corrected chi connectivity index (χ4v) is 3.33. The monoisotopic (exact) mass is 265 g/mol. The first-order chi connectivity index (χ1) is 8.80. The molecule has 1 aromatic heterocycles. The number of aliphatic hydroxyl groups is 1. The van der Waals surface area contributed by atoms with Crippen molar-refractivity contribution in [3.05, 3.63) is 12.2 Å². The van der Waals surface area contributed by atoms with Crippen molar-refractivity contribution in [3.8, 4) is 0 Å². The second kappa shape index (κ2) is 5.23. The summed E-state index contributed by atoms with van der Waals surface area (Å²) < 4.78 is 1.95. The number of nitrogens with zero attached hydrogens (tertiary/aromatic N) is 3. The Balaban J connectivity index is 2.10. The van der Waals surface area contributed by atoms with Gasteiger partial charge in [-0.3, -0.25) is 0 Å². The van der Waals surface area contributed by atoms with E-state index in [1.807, 2.05) is 4.68 Å². The third-order valence-corrected chi connectivity index (χ3v) is 4.02. The molecule has 1 saturated carbocycles. The lowest BCUT2D eigenvalue weighted by atomic mass is 9.68. The summed E-state index contributed by atoms with van der Waals surface area (Å²) >= 11 is 0. The summed E-state index contributed by atoms with van der Waals surface area (Å²) in [5.74, 6) is 1.46. The predicted octanol–water partition coefficient (Wildman–Crippen LogP) is 2.81. The zero-order chi connectivity index (χ0) is 14.1. The topological polar surface area (TPSA) is 50.9 Å². The normalized spacial score (nSPS) is 26.8. The maximum absolute atomic E-state index is 10.9. The van der Waals surface area contributed by atoms with Crippen LogP contribution in [-0.2, 0) is 13.0 Å². The Labute approximate surface area is 116 Å². The van der Waals surface area contributed by atoms with E-state index in [-0.39, 0.29) is 5.41 Å². The van der Waals surface area contributed by atoms with Crippen LogP contribution < -0.4 is 0 Å². The third kappa shape index (κ3) is 3.78. The molecule has 1 unspecified atom stereocenters. The SMILES string of the molecule is CC(C)Cn1ncnc1CC1(O)CCCC(C)(C)C1. The van der Waals surface area contributed by atoms with Crippen LogP contribution in [0.15, 0.2) is 6.33 Å².